The standard InChI is InChI=1S/C17H23N5O2S.C8H10N2OS/c1-2-24-15-12-18-10-13(21-15)14-11-20-17(25-14)16(23)19-6-9-22-7-4-3-5-8-22;11-12(8-1-2-8)10-7-3-5-9-6-4-7/h10-12H,2-9H2,1H3,(H,19,23);3-6,8H,1-2H2,(H,9,10). The van der Waals surface area contributed by atoms with E-state index in [2.05, 4.69) is 34.9 Å². The Bertz CT molecular complexity index is 1150. The van der Waals surface area contributed by atoms with Gasteiger partial charge in [-0.2, -0.15) is 0 Å². The van der Waals surface area contributed by atoms with E-state index in [0.717, 1.165) is 43.0 Å². The summed E-state index contributed by atoms with van der Waals surface area (Å²) in [5.74, 6) is 0.336. The van der Waals surface area contributed by atoms with Crippen LogP contribution in [0.5, 0.6) is 5.88 Å². The molecule has 1 atom stereocenters. The Labute approximate surface area is 223 Å². The average Bonchev–Trinajstić information content (AvgIpc) is 3.67. The number of ether oxygens (including phenoxy) is 1. The molecule has 5 rings (SSSR count). The lowest BCUT2D eigenvalue weighted by atomic mass is 10.1. The van der Waals surface area contributed by atoms with Crippen LogP contribution < -0.4 is 14.8 Å². The fraction of sp³-hybridized carbons (Fsp3) is 0.480. The van der Waals surface area contributed by atoms with Crippen LogP contribution in [0, 0.1) is 0 Å². The summed E-state index contributed by atoms with van der Waals surface area (Å²) in [4.78, 5) is 32.0. The van der Waals surface area contributed by atoms with Gasteiger partial charge in [0.15, 0.2) is 5.01 Å². The van der Waals surface area contributed by atoms with Gasteiger partial charge in [-0.3, -0.25) is 14.8 Å². The molecular formula is C25H33N7O3S2. The maximum absolute atomic E-state index is 12.3. The van der Waals surface area contributed by atoms with Crippen molar-refractivity contribution in [3.63, 3.8) is 0 Å². The van der Waals surface area contributed by atoms with Gasteiger partial charge in [-0.25, -0.2) is 14.2 Å². The maximum atomic E-state index is 12.3. The van der Waals surface area contributed by atoms with Crippen LogP contribution in [-0.4, -0.2) is 73.0 Å². The Balaban J connectivity index is 0.000000222. The van der Waals surface area contributed by atoms with Crippen molar-refractivity contribution in [2.75, 3.05) is 37.5 Å². The second-order valence-corrected chi connectivity index (χ2v) is 11.2. The number of anilines is 1. The first-order valence-corrected chi connectivity index (χ1v) is 14.6. The molecular weight excluding hydrogens is 510 g/mol. The minimum absolute atomic E-state index is 0.137. The van der Waals surface area contributed by atoms with Gasteiger partial charge in [0.1, 0.15) is 16.7 Å². The van der Waals surface area contributed by atoms with E-state index >= 15 is 0 Å². The lowest BCUT2D eigenvalue weighted by molar-refractivity contribution is 0.0946. The van der Waals surface area contributed by atoms with Crippen LogP contribution in [0.2, 0.25) is 0 Å². The van der Waals surface area contributed by atoms with Gasteiger partial charge in [-0.1, -0.05) is 6.42 Å². The summed E-state index contributed by atoms with van der Waals surface area (Å²) in [6.45, 7) is 6.23. The number of nitrogens with one attached hydrogen (secondary N) is 2. The van der Waals surface area contributed by atoms with E-state index < -0.39 is 11.0 Å². The van der Waals surface area contributed by atoms with Crippen molar-refractivity contribution in [3.05, 3.63) is 48.1 Å². The molecule has 1 aliphatic carbocycles. The number of amides is 1. The topological polar surface area (TPSA) is 122 Å². The van der Waals surface area contributed by atoms with Crippen LogP contribution in [-0.2, 0) is 11.0 Å². The molecule has 4 heterocycles. The highest BCUT2D eigenvalue weighted by Crippen LogP contribution is 2.27. The molecule has 0 aromatic carbocycles. The minimum atomic E-state index is -0.889. The van der Waals surface area contributed by atoms with Crippen LogP contribution in [0.4, 0.5) is 5.69 Å². The molecule has 0 radical (unpaired) electrons. The van der Waals surface area contributed by atoms with Crippen LogP contribution in [0.1, 0.15) is 48.8 Å². The quantitative estimate of drug-likeness (QED) is 0.398. The Morgan fingerprint density at radius 1 is 1.14 bits per heavy atom. The molecule has 0 spiro atoms. The van der Waals surface area contributed by atoms with Gasteiger partial charge in [-0.05, 0) is 57.8 Å². The molecule has 12 heteroatoms. The zero-order chi connectivity index (χ0) is 25.9. The summed E-state index contributed by atoms with van der Waals surface area (Å²) >= 11 is 1.31. The zero-order valence-electron chi connectivity index (χ0n) is 21.0. The highest BCUT2D eigenvalue weighted by Gasteiger charge is 2.28. The van der Waals surface area contributed by atoms with E-state index in [4.69, 9.17) is 4.74 Å². The van der Waals surface area contributed by atoms with Crippen molar-refractivity contribution in [1.29, 1.82) is 0 Å². The molecule has 1 saturated carbocycles. The molecule has 1 aliphatic heterocycles. The Morgan fingerprint density at radius 2 is 1.92 bits per heavy atom. The van der Waals surface area contributed by atoms with Crippen LogP contribution in [0.25, 0.3) is 10.6 Å². The van der Waals surface area contributed by atoms with Gasteiger partial charge in [0.05, 0.1) is 29.1 Å². The monoisotopic (exact) mass is 543 g/mol. The summed E-state index contributed by atoms with van der Waals surface area (Å²) in [5.41, 5.74) is 1.55. The number of rotatable bonds is 10. The number of carbonyl (C=O) groups excluding carboxylic acids is 1. The fourth-order valence-corrected chi connectivity index (χ4v) is 5.56. The second-order valence-electron chi connectivity index (χ2n) is 8.70. The zero-order valence-corrected chi connectivity index (χ0v) is 22.6. The van der Waals surface area contributed by atoms with E-state index in [1.165, 1.54) is 30.6 Å². The number of pyridine rings is 1. The number of piperidine rings is 1. The van der Waals surface area contributed by atoms with E-state index in [-0.39, 0.29) is 5.91 Å². The van der Waals surface area contributed by atoms with Crippen molar-refractivity contribution in [1.82, 2.24) is 30.2 Å². The number of hydrogen-bond donors (Lipinski definition) is 2. The van der Waals surface area contributed by atoms with Gasteiger partial charge in [0, 0.05) is 37.4 Å². The summed E-state index contributed by atoms with van der Waals surface area (Å²) < 4.78 is 19.7. The van der Waals surface area contributed by atoms with E-state index in [0.29, 0.717) is 35.0 Å². The van der Waals surface area contributed by atoms with Crippen LogP contribution >= 0.6 is 11.3 Å². The lowest BCUT2D eigenvalue weighted by Crippen LogP contribution is -2.37. The van der Waals surface area contributed by atoms with E-state index in [1.54, 1.807) is 31.0 Å². The number of likely N-dealkylation sites (tertiary alicyclic amines) is 1. The largest absolute Gasteiger partial charge is 0.477 e. The Morgan fingerprint density at radius 3 is 2.65 bits per heavy atom. The molecule has 3 aromatic heterocycles. The lowest BCUT2D eigenvalue weighted by Gasteiger charge is -2.26. The molecule has 1 saturated heterocycles. The van der Waals surface area contributed by atoms with Crippen molar-refractivity contribution in [2.24, 2.45) is 0 Å². The molecule has 10 nitrogen and oxygen atoms in total. The van der Waals surface area contributed by atoms with Gasteiger partial charge in [0.25, 0.3) is 5.91 Å². The van der Waals surface area contributed by atoms with Crippen molar-refractivity contribution in [2.45, 2.75) is 44.3 Å². The first-order chi connectivity index (χ1) is 18.1. The van der Waals surface area contributed by atoms with Gasteiger partial charge in [0.2, 0.25) is 5.88 Å². The first kappa shape index (κ1) is 27.1. The molecule has 2 fully saturated rings. The molecule has 1 unspecified atom stereocenters. The third kappa shape index (κ3) is 8.83. The Kier molecular flexibility index (Phi) is 10.3. The summed E-state index contributed by atoms with van der Waals surface area (Å²) in [5, 5.41) is 3.76. The van der Waals surface area contributed by atoms with E-state index in [1.807, 2.05) is 19.1 Å². The minimum Gasteiger partial charge on any atom is -0.477 e. The van der Waals surface area contributed by atoms with E-state index in [9.17, 15) is 9.00 Å². The number of carbonyl (C=O) groups is 1. The molecule has 2 aliphatic rings. The summed E-state index contributed by atoms with van der Waals surface area (Å²) in [6.07, 6.45) is 14.3. The molecule has 1 amide bonds. The number of aromatic nitrogens is 4. The second kappa shape index (κ2) is 14.1. The third-order valence-corrected chi connectivity index (χ3v) is 8.28. The number of nitrogens with zero attached hydrogens (tertiary/aromatic N) is 5. The maximum Gasteiger partial charge on any atom is 0.280 e. The molecule has 0 bridgehead atoms. The van der Waals surface area contributed by atoms with Crippen molar-refractivity contribution < 1.29 is 13.7 Å². The predicted octanol–water partition coefficient (Wildman–Crippen LogP) is 3.53. The van der Waals surface area contributed by atoms with Crippen molar-refractivity contribution >= 4 is 33.9 Å². The fourth-order valence-electron chi connectivity index (χ4n) is 3.67. The smallest absolute Gasteiger partial charge is 0.280 e. The number of thiazole rings is 1. The SMILES string of the molecule is CCOc1cncc(-c2cnc(C(=O)NCCN3CCCCC3)s2)n1.O=S(Nc1ccncc1)C1CC1. The highest BCUT2D eigenvalue weighted by atomic mass is 32.2. The first-order valence-electron chi connectivity index (χ1n) is 12.6. The van der Waals surface area contributed by atoms with Gasteiger partial charge < -0.3 is 19.7 Å². The molecule has 2 N–H and O–H groups in total. The van der Waals surface area contributed by atoms with Crippen LogP contribution in [0.3, 0.4) is 0 Å². The number of hydrogen-bond acceptors (Lipinski definition) is 9. The summed E-state index contributed by atoms with van der Waals surface area (Å²) in [6, 6.07) is 3.64. The van der Waals surface area contributed by atoms with Gasteiger partial charge in [-0.15, -0.1) is 11.3 Å². The predicted molar refractivity (Wildman–Crippen MR) is 146 cm³/mol. The Hall–Kier alpha value is -2.96. The van der Waals surface area contributed by atoms with Crippen molar-refractivity contribution in [3.8, 4) is 16.5 Å². The third-order valence-electron chi connectivity index (χ3n) is 5.75. The molecule has 37 heavy (non-hydrogen) atoms. The molecule has 3 aromatic rings. The van der Waals surface area contributed by atoms with Crippen LogP contribution in [0.15, 0.2) is 43.1 Å². The highest BCUT2D eigenvalue weighted by molar-refractivity contribution is 7.87. The molecule has 198 valence electrons. The normalized spacial score (nSPS) is 16.2. The summed E-state index contributed by atoms with van der Waals surface area (Å²) in [7, 11) is -0.889. The van der Waals surface area contributed by atoms with Gasteiger partial charge >= 0.3 is 0 Å². The average molecular weight is 544 g/mol.